The van der Waals surface area contributed by atoms with Gasteiger partial charge in [0.1, 0.15) is 0 Å². The molecule has 1 aromatic rings. The van der Waals surface area contributed by atoms with Crippen LogP contribution in [0, 0.1) is 0 Å². The molecule has 0 bridgehead atoms. The van der Waals surface area contributed by atoms with Gasteiger partial charge in [0.05, 0.1) is 6.04 Å². The monoisotopic (exact) mass is 307 g/mol. The molecule has 2 aliphatic rings. The average molecular weight is 308 g/mol. The lowest BCUT2D eigenvalue weighted by molar-refractivity contribution is -0.136. The summed E-state index contributed by atoms with van der Waals surface area (Å²) in [5.41, 5.74) is 1.18. The van der Waals surface area contributed by atoms with Gasteiger partial charge in [-0.3, -0.25) is 9.69 Å². The quantitative estimate of drug-likeness (QED) is 0.924. The Kier molecular flexibility index (Phi) is 4.78. The number of likely N-dealkylation sites (tertiary alicyclic amines) is 1. The number of benzene rings is 1. The van der Waals surface area contributed by atoms with E-state index in [1.165, 1.54) is 5.56 Å². The summed E-state index contributed by atoms with van der Waals surface area (Å²) >= 11 is 6.05. The van der Waals surface area contributed by atoms with Crippen LogP contribution in [0.25, 0.3) is 0 Å². The van der Waals surface area contributed by atoms with Gasteiger partial charge in [-0.1, -0.05) is 23.7 Å². The zero-order chi connectivity index (χ0) is 14.7. The van der Waals surface area contributed by atoms with Crippen LogP contribution >= 0.6 is 11.6 Å². The highest BCUT2D eigenvalue weighted by Crippen LogP contribution is 2.23. The van der Waals surface area contributed by atoms with Crippen molar-refractivity contribution < 1.29 is 4.79 Å². The third kappa shape index (κ3) is 3.57. The van der Waals surface area contributed by atoms with Crippen molar-refractivity contribution in [3.63, 3.8) is 0 Å². The third-order valence-corrected chi connectivity index (χ3v) is 4.59. The normalized spacial score (nSPS) is 23.5. The first-order valence-electron chi connectivity index (χ1n) is 7.72. The third-order valence-electron chi connectivity index (χ3n) is 4.35. The molecule has 0 aromatic heterocycles. The molecule has 1 atom stereocenters. The van der Waals surface area contributed by atoms with Crippen LogP contribution in [0.1, 0.15) is 18.4 Å². The Bertz CT molecular complexity index is 502. The van der Waals surface area contributed by atoms with E-state index in [0.717, 1.165) is 57.1 Å². The molecule has 21 heavy (non-hydrogen) atoms. The van der Waals surface area contributed by atoms with Crippen molar-refractivity contribution in [2.75, 3.05) is 32.7 Å². The van der Waals surface area contributed by atoms with Gasteiger partial charge in [0.15, 0.2) is 0 Å². The second kappa shape index (κ2) is 6.77. The van der Waals surface area contributed by atoms with Gasteiger partial charge in [-0.15, -0.1) is 0 Å². The standard InChI is InChI=1S/C16H22ClN3O/c17-14-4-1-3-13(11-14)12-20-8-2-5-15(20)16(21)19-9-6-18-7-10-19/h1,3-4,11,15,18H,2,5-10,12H2. The number of hydrogen-bond donors (Lipinski definition) is 1. The van der Waals surface area contributed by atoms with E-state index in [4.69, 9.17) is 11.6 Å². The molecule has 0 radical (unpaired) electrons. The Hall–Kier alpha value is -1.10. The number of carbonyl (C=O) groups excluding carboxylic acids is 1. The first-order valence-corrected chi connectivity index (χ1v) is 8.10. The van der Waals surface area contributed by atoms with Crippen LogP contribution in [0.2, 0.25) is 5.02 Å². The van der Waals surface area contributed by atoms with Crippen LogP contribution in [0.3, 0.4) is 0 Å². The van der Waals surface area contributed by atoms with Gasteiger partial charge in [-0.25, -0.2) is 0 Å². The van der Waals surface area contributed by atoms with E-state index in [-0.39, 0.29) is 6.04 Å². The van der Waals surface area contributed by atoms with Gasteiger partial charge in [0, 0.05) is 37.7 Å². The maximum atomic E-state index is 12.7. The van der Waals surface area contributed by atoms with Gasteiger partial charge in [-0.05, 0) is 37.1 Å². The van der Waals surface area contributed by atoms with Gasteiger partial charge in [-0.2, -0.15) is 0 Å². The van der Waals surface area contributed by atoms with Gasteiger partial charge < -0.3 is 10.2 Å². The van der Waals surface area contributed by atoms with Crippen LogP contribution in [0.15, 0.2) is 24.3 Å². The Balaban J connectivity index is 1.66. The van der Waals surface area contributed by atoms with E-state index in [2.05, 4.69) is 16.3 Å². The zero-order valence-electron chi connectivity index (χ0n) is 12.2. The predicted octanol–water partition coefficient (Wildman–Crippen LogP) is 1.74. The van der Waals surface area contributed by atoms with Crippen molar-refractivity contribution in [1.29, 1.82) is 0 Å². The maximum absolute atomic E-state index is 12.7. The molecule has 5 heteroatoms. The van der Waals surface area contributed by atoms with Crippen LogP contribution in [0.4, 0.5) is 0 Å². The summed E-state index contributed by atoms with van der Waals surface area (Å²) in [5, 5.41) is 4.06. The van der Waals surface area contributed by atoms with Crippen LogP contribution in [0.5, 0.6) is 0 Å². The molecule has 1 amide bonds. The molecule has 2 saturated heterocycles. The van der Waals surface area contributed by atoms with Gasteiger partial charge >= 0.3 is 0 Å². The fourth-order valence-electron chi connectivity index (χ4n) is 3.26. The fraction of sp³-hybridized carbons (Fsp3) is 0.562. The largest absolute Gasteiger partial charge is 0.339 e. The smallest absolute Gasteiger partial charge is 0.240 e. The molecule has 1 unspecified atom stereocenters. The van der Waals surface area contributed by atoms with Crippen molar-refractivity contribution in [2.45, 2.75) is 25.4 Å². The molecular weight excluding hydrogens is 286 g/mol. The Morgan fingerprint density at radius 1 is 1.29 bits per heavy atom. The number of piperazine rings is 1. The summed E-state index contributed by atoms with van der Waals surface area (Å²) < 4.78 is 0. The molecule has 3 rings (SSSR count). The van der Waals surface area contributed by atoms with E-state index < -0.39 is 0 Å². The number of amides is 1. The Morgan fingerprint density at radius 3 is 2.86 bits per heavy atom. The highest BCUT2D eigenvalue weighted by Gasteiger charge is 2.33. The van der Waals surface area contributed by atoms with Crippen molar-refractivity contribution in [2.24, 2.45) is 0 Å². The topological polar surface area (TPSA) is 35.6 Å². The average Bonchev–Trinajstić information content (AvgIpc) is 2.95. The summed E-state index contributed by atoms with van der Waals surface area (Å²) in [6, 6.07) is 7.98. The summed E-state index contributed by atoms with van der Waals surface area (Å²) in [6.45, 7) is 5.29. The minimum atomic E-state index is 0.0436. The second-order valence-corrected chi connectivity index (χ2v) is 6.27. The number of nitrogens with zero attached hydrogens (tertiary/aromatic N) is 2. The Morgan fingerprint density at radius 2 is 2.10 bits per heavy atom. The van der Waals surface area contributed by atoms with E-state index in [1.807, 2.05) is 23.1 Å². The molecule has 1 aromatic carbocycles. The van der Waals surface area contributed by atoms with Crippen LogP contribution in [-0.2, 0) is 11.3 Å². The molecule has 0 spiro atoms. The van der Waals surface area contributed by atoms with Gasteiger partial charge in [0.25, 0.3) is 0 Å². The van der Waals surface area contributed by atoms with Crippen molar-refractivity contribution >= 4 is 17.5 Å². The lowest BCUT2D eigenvalue weighted by Gasteiger charge is -2.33. The number of carbonyl (C=O) groups is 1. The number of nitrogens with one attached hydrogen (secondary N) is 1. The summed E-state index contributed by atoms with van der Waals surface area (Å²) in [6.07, 6.45) is 2.08. The lowest BCUT2D eigenvalue weighted by Crippen LogP contribution is -2.52. The number of hydrogen-bond acceptors (Lipinski definition) is 3. The fourth-order valence-corrected chi connectivity index (χ4v) is 3.47. The number of rotatable bonds is 3. The summed E-state index contributed by atoms with van der Waals surface area (Å²) in [5.74, 6) is 0.302. The summed E-state index contributed by atoms with van der Waals surface area (Å²) in [4.78, 5) is 17.0. The Labute approximate surface area is 131 Å². The maximum Gasteiger partial charge on any atom is 0.240 e. The highest BCUT2D eigenvalue weighted by atomic mass is 35.5. The predicted molar refractivity (Wildman–Crippen MR) is 84.3 cm³/mol. The highest BCUT2D eigenvalue weighted by molar-refractivity contribution is 6.30. The molecular formula is C16H22ClN3O. The van der Waals surface area contributed by atoms with Gasteiger partial charge in [0.2, 0.25) is 5.91 Å². The molecule has 0 saturated carbocycles. The van der Waals surface area contributed by atoms with E-state index in [0.29, 0.717) is 5.91 Å². The first-order chi connectivity index (χ1) is 10.2. The first kappa shape index (κ1) is 14.8. The van der Waals surface area contributed by atoms with Crippen LogP contribution in [-0.4, -0.2) is 54.5 Å². The zero-order valence-corrected chi connectivity index (χ0v) is 13.0. The SMILES string of the molecule is O=C(C1CCCN1Cc1cccc(Cl)c1)N1CCNCC1. The van der Waals surface area contributed by atoms with E-state index in [9.17, 15) is 4.79 Å². The molecule has 2 aliphatic heterocycles. The van der Waals surface area contributed by atoms with Crippen molar-refractivity contribution in [3.05, 3.63) is 34.9 Å². The molecule has 1 N–H and O–H groups in total. The molecule has 0 aliphatic carbocycles. The van der Waals surface area contributed by atoms with E-state index in [1.54, 1.807) is 0 Å². The minimum absolute atomic E-state index is 0.0436. The second-order valence-electron chi connectivity index (χ2n) is 5.83. The number of halogens is 1. The molecule has 114 valence electrons. The summed E-state index contributed by atoms with van der Waals surface area (Å²) in [7, 11) is 0. The molecule has 4 nitrogen and oxygen atoms in total. The molecule has 2 fully saturated rings. The van der Waals surface area contributed by atoms with E-state index >= 15 is 0 Å². The van der Waals surface area contributed by atoms with Crippen molar-refractivity contribution in [1.82, 2.24) is 15.1 Å². The lowest BCUT2D eigenvalue weighted by atomic mass is 10.1. The van der Waals surface area contributed by atoms with Crippen molar-refractivity contribution in [3.8, 4) is 0 Å². The minimum Gasteiger partial charge on any atom is -0.339 e. The van der Waals surface area contributed by atoms with Crippen LogP contribution < -0.4 is 5.32 Å². The molecule has 2 heterocycles.